The summed E-state index contributed by atoms with van der Waals surface area (Å²) in [5.74, 6) is 0. The molecule has 1 aliphatic rings. The molecule has 0 aromatic heterocycles. The maximum atomic E-state index is 10.5. The van der Waals surface area contributed by atoms with Gasteiger partial charge in [-0.15, -0.1) is 0 Å². The normalized spacial score (nSPS) is 28.8. The molecule has 0 amide bonds. The van der Waals surface area contributed by atoms with Crippen molar-refractivity contribution in [3.8, 4) is 0 Å². The molecule has 1 saturated heterocycles. The molecule has 1 unspecified atom stereocenters. The summed E-state index contributed by atoms with van der Waals surface area (Å²) in [5, 5.41) is 7.15. The molecule has 0 aliphatic carbocycles. The van der Waals surface area contributed by atoms with Crippen LogP contribution in [0.4, 0.5) is 0 Å². The van der Waals surface area contributed by atoms with Gasteiger partial charge in [0.2, 0.25) is 10.0 Å². The quantitative estimate of drug-likeness (QED) is 0.503. The Balaban J connectivity index is 2.63. The van der Waals surface area contributed by atoms with Crippen LogP contribution in [0.15, 0.2) is 0 Å². The zero-order valence-corrected chi connectivity index (χ0v) is 5.82. The molecule has 0 radical (unpaired) electrons. The molecule has 9 heavy (non-hydrogen) atoms. The van der Waals surface area contributed by atoms with Crippen LogP contribution in [-0.4, -0.2) is 20.3 Å². The van der Waals surface area contributed by atoms with E-state index in [9.17, 15) is 8.42 Å². The predicted octanol–water partition coefficient (Wildman–Crippen LogP) is -1.02. The predicted molar refractivity (Wildman–Crippen MR) is 34.1 cm³/mol. The number of rotatable bonds is 1. The fourth-order valence-electron chi connectivity index (χ4n) is 0.933. The first-order chi connectivity index (χ1) is 4.11. The Kier molecular flexibility index (Phi) is 1.74. The fourth-order valence-corrected chi connectivity index (χ4v) is 1.78. The van der Waals surface area contributed by atoms with Crippen LogP contribution in [0.5, 0.6) is 0 Å². The summed E-state index contributed by atoms with van der Waals surface area (Å²) in [5.41, 5.74) is 0. The van der Waals surface area contributed by atoms with Crippen molar-refractivity contribution in [2.45, 2.75) is 18.2 Å². The minimum atomic E-state index is -3.31. The first kappa shape index (κ1) is 6.98. The zero-order chi connectivity index (χ0) is 6.91. The van der Waals surface area contributed by atoms with Crippen molar-refractivity contribution in [3.63, 3.8) is 0 Å². The van der Waals surface area contributed by atoms with Crippen LogP contribution in [0, 0.1) is 0 Å². The lowest BCUT2D eigenvalue weighted by atomic mass is 10.4. The molecule has 4 nitrogen and oxygen atoms in total. The molecule has 1 rings (SSSR count). The lowest BCUT2D eigenvalue weighted by Crippen LogP contribution is -2.35. The Bertz CT molecular complexity index is 181. The summed E-state index contributed by atoms with van der Waals surface area (Å²) in [6.07, 6.45) is 1.56. The standard InChI is InChI=1S/C4H10N2O2S/c5-9(7,8)4-2-1-3-6-4/h4,6H,1-3H2,(H2,5,7,8). The van der Waals surface area contributed by atoms with Crippen molar-refractivity contribution in [2.24, 2.45) is 5.14 Å². The van der Waals surface area contributed by atoms with Gasteiger partial charge in [0.25, 0.3) is 0 Å². The minimum absolute atomic E-state index is 0.488. The lowest BCUT2D eigenvalue weighted by Gasteiger charge is -2.04. The third-order valence-corrected chi connectivity index (χ3v) is 2.61. The van der Waals surface area contributed by atoms with Crippen molar-refractivity contribution in [2.75, 3.05) is 6.54 Å². The molecule has 3 N–H and O–H groups in total. The fraction of sp³-hybridized carbons (Fsp3) is 1.00. The number of nitrogens with one attached hydrogen (secondary N) is 1. The maximum Gasteiger partial charge on any atom is 0.225 e. The van der Waals surface area contributed by atoms with Gasteiger partial charge < -0.3 is 5.32 Å². The SMILES string of the molecule is NS(=O)(=O)C1CCCN1. The van der Waals surface area contributed by atoms with Gasteiger partial charge in [0.1, 0.15) is 5.37 Å². The van der Waals surface area contributed by atoms with Crippen molar-refractivity contribution in [3.05, 3.63) is 0 Å². The van der Waals surface area contributed by atoms with Crippen LogP contribution in [-0.2, 0) is 10.0 Å². The van der Waals surface area contributed by atoms with Crippen LogP contribution in [0.25, 0.3) is 0 Å². The highest BCUT2D eigenvalue weighted by Gasteiger charge is 2.23. The van der Waals surface area contributed by atoms with Crippen LogP contribution in [0.1, 0.15) is 12.8 Å². The van der Waals surface area contributed by atoms with Gasteiger partial charge in [-0.2, -0.15) is 0 Å². The molecule has 1 aliphatic heterocycles. The van der Waals surface area contributed by atoms with Gasteiger partial charge in [0.05, 0.1) is 0 Å². The largest absolute Gasteiger partial charge is 0.300 e. The van der Waals surface area contributed by atoms with E-state index in [4.69, 9.17) is 5.14 Å². The molecule has 0 bridgehead atoms. The summed E-state index contributed by atoms with van der Waals surface area (Å²) in [4.78, 5) is 0. The average molecular weight is 150 g/mol. The van der Waals surface area contributed by atoms with Gasteiger partial charge in [-0.3, -0.25) is 0 Å². The highest BCUT2D eigenvalue weighted by Crippen LogP contribution is 2.07. The van der Waals surface area contributed by atoms with Crippen molar-refractivity contribution in [1.82, 2.24) is 5.32 Å². The molecular weight excluding hydrogens is 140 g/mol. The molecular formula is C4H10N2O2S. The molecule has 5 heteroatoms. The number of hydrogen-bond donors (Lipinski definition) is 2. The second kappa shape index (κ2) is 2.24. The Morgan fingerprint density at radius 1 is 1.56 bits per heavy atom. The molecule has 0 aromatic carbocycles. The van der Waals surface area contributed by atoms with E-state index in [1.165, 1.54) is 0 Å². The van der Waals surface area contributed by atoms with E-state index in [1.54, 1.807) is 0 Å². The molecule has 54 valence electrons. The van der Waals surface area contributed by atoms with E-state index in [1.807, 2.05) is 0 Å². The van der Waals surface area contributed by atoms with Crippen LogP contribution in [0.2, 0.25) is 0 Å². The molecule has 1 heterocycles. The van der Waals surface area contributed by atoms with Crippen molar-refractivity contribution < 1.29 is 8.42 Å². The number of hydrogen-bond acceptors (Lipinski definition) is 3. The second-order valence-electron chi connectivity index (χ2n) is 2.17. The van der Waals surface area contributed by atoms with E-state index in [-0.39, 0.29) is 0 Å². The Morgan fingerprint density at radius 3 is 2.44 bits per heavy atom. The summed E-state index contributed by atoms with van der Waals surface area (Å²) in [6.45, 7) is 0.765. The van der Waals surface area contributed by atoms with Gasteiger partial charge in [-0.1, -0.05) is 0 Å². The van der Waals surface area contributed by atoms with Crippen LogP contribution < -0.4 is 10.5 Å². The average Bonchev–Trinajstić information content (AvgIpc) is 2.08. The summed E-state index contributed by atoms with van der Waals surface area (Å²) in [6, 6.07) is 0. The van der Waals surface area contributed by atoms with E-state index in [0.717, 1.165) is 13.0 Å². The zero-order valence-electron chi connectivity index (χ0n) is 5.00. The van der Waals surface area contributed by atoms with Gasteiger partial charge in [-0.05, 0) is 19.4 Å². The van der Waals surface area contributed by atoms with Gasteiger partial charge in [0.15, 0.2) is 0 Å². The summed E-state index contributed by atoms with van der Waals surface area (Å²) in [7, 11) is -3.31. The van der Waals surface area contributed by atoms with Crippen LogP contribution in [0.3, 0.4) is 0 Å². The molecule has 1 atom stereocenters. The molecule has 0 spiro atoms. The van der Waals surface area contributed by atoms with E-state index >= 15 is 0 Å². The second-order valence-corrected chi connectivity index (χ2v) is 3.92. The van der Waals surface area contributed by atoms with E-state index < -0.39 is 15.4 Å². The van der Waals surface area contributed by atoms with E-state index in [0.29, 0.717) is 6.42 Å². The van der Waals surface area contributed by atoms with Gasteiger partial charge >= 0.3 is 0 Å². The highest BCUT2D eigenvalue weighted by molar-refractivity contribution is 7.89. The molecule has 1 fully saturated rings. The summed E-state index contributed by atoms with van der Waals surface area (Å²) < 4.78 is 21.1. The topological polar surface area (TPSA) is 72.2 Å². The van der Waals surface area contributed by atoms with Crippen LogP contribution >= 0.6 is 0 Å². The summed E-state index contributed by atoms with van der Waals surface area (Å²) >= 11 is 0. The molecule has 0 aromatic rings. The number of sulfonamides is 1. The smallest absolute Gasteiger partial charge is 0.225 e. The first-order valence-electron chi connectivity index (χ1n) is 2.86. The Hall–Kier alpha value is -0.130. The monoisotopic (exact) mass is 150 g/mol. The highest BCUT2D eigenvalue weighted by atomic mass is 32.2. The van der Waals surface area contributed by atoms with Gasteiger partial charge in [0, 0.05) is 0 Å². The Morgan fingerprint density at radius 2 is 2.22 bits per heavy atom. The third-order valence-electron chi connectivity index (χ3n) is 1.41. The van der Waals surface area contributed by atoms with E-state index in [2.05, 4.69) is 5.32 Å². The number of primary sulfonamides is 1. The van der Waals surface area contributed by atoms with Crippen molar-refractivity contribution in [1.29, 1.82) is 0 Å². The first-order valence-corrected chi connectivity index (χ1v) is 4.46. The van der Waals surface area contributed by atoms with Crippen molar-refractivity contribution >= 4 is 10.0 Å². The lowest BCUT2D eigenvalue weighted by molar-refractivity contribution is 0.573. The third kappa shape index (κ3) is 1.64. The minimum Gasteiger partial charge on any atom is -0.300 e. The molecule has 0 saturated carbocycles. The Labute approximate surface area is 54.5 Å². The van der Waals surface area contributed by atoms with Gasteiger partial charge in [-0.25, -0.2) is 13.6 Å². The number of nitrogens with two attached hydrogens (primary N) is 1. The maximum absolute atomic E-state index is 10.5.